The fourth-order valence-corrected chi connectivity index (χ4v) is 4.66. The van der Waals surface area contributed by atoms with Crippen molar-refractivity contribution in [3.05, 3.63) is 42.4 Å². The number of hydrogen-bond acceptors (Lipinski definition) is 8. The highest BCUT2D eigenvalue weighted by Crippen LogP contribution is 2.36. The molecule has 3 unspecified atom stereocenters. The standard InChI is InChI=1S/C23H25N7O4/c1-24-20-7-16(27-22-14(9-26-30(20)22)23(33)28-15-4-5-18(15)31)13-8-25-21-12(13)3-2-6-29(21)17-10-34-11-19(17)32/h2-3,6-9,15,17-19,24,31-32H,4-5,10-11H2,1H3,(H,28,33)/t15?,17?,18?,19-/m0/s1. The summed E-state index contributed by atoms with van der Waals surface area (Å²) in [5, 5.41) is 30.5. The van der Waals surface area contributed by atoms with Gasteiger partial charge in [-0.1, -0.05) is 0 Å². The fraction of sp³-hybridized carbons (Fsp3) is 0.391. The number of nitrogens with one attached hydrogen (secondary N) is 2. The number of hydrogen-bond donors (Lipinski definition) is 4. The molecule has 0 bridgehead atoms. The highest BCUT2D eigenvalue weighted by molar-refractivity contribution is 6.00. The van der Waals surface area contributed by atoms with Crippen molar-refractivity contribution in [1.82, 2.24) is 29.5 Å². The van der Waals surface area contributed by atoms with Crippen molar-refractivity contribution in [3.63, 3.8) is 0 Å². The number of aromatic nitrogens is 5. The minimum atomic E-state index is -0.594. The van der Waals surface area contributed by atoms with Crippen LogP contribution in [0.25, 0.3) is 28.3 Å². The van der Waals surface area contributed by atoms with Crippen LogP contribution in [0.5, 0.6) is 0 Å². The molecule has 2 aromatic heterocycles. The van der Waals surface area contributed by atoms with E-state index in [1.807, 2.05) is 29.0 Å². The maximum atomic E-state index is 12.9. The van der Waals surface area contributed by atoms with Crippen LogP contribution in [0.4, 0.5) is 5.82 Å². The summed E-state index contributed by atoms with van der Waals surface area (Å²) in [6.07, 6.45) is 5.46. The molecule has 0 spiro atoms. The summed E-state index contributed by atoms with van der Waals surface area (Å²) < 4.78 is 8.96. The molecule has 2 fully saturated rings. The summed E-state index contributed by atoms with van der Waals surface area (Å²) in [6, 6.07) is 5.28. The van der Waals surface area contributed by atoms with Gasteiger partial charge in [0.1, 0.15) is 23.3 Å². The van der Waals surface area contributed by atoms with Crippen molar-refractivity contribution in [2.45, 2.75) is 37.1 Å². The molecule has 34 heavy (non-hydrogen) atoms. The van der Waals surface area contributed by atoms with Gasteiger partial charge in [0.25, 0.3) is 5.91 Å². The smallest absolute Gasteiger partial charge is 0.257 e. The first-order valence-corrected chi connectivity index (χ1v) is 11.3. The zero-order valence-corrected chi connectivity index (χ0v) is 18.5. The molecule has 0 aromatic carbocycles. The molecule has 6 rings (SSSR count). The van der Waals surface area contributed by atoms with Gasteiger partial charge in [0.2, 0.25) is 0 Å². The van der Waals surface area contributed by atoms with E-state index in [9.17, 15) is 15.0 Å². The van der Waals surface area contributed by atoms with E-state index in [-0.39, 0.29) is 18.0 Å². The highest BCUT2D eigenvalue weighted by atomic mass is 16.5. The highest BCUT2D eigenvalue weighted by Gasteiger charge is 2.32. The van der Waals surface area contributed by atoms with E-state index in [4.69, 9.17) is 9.72 Å². The van der Waals surface area contributed by atoms with Crippen LogP contribution in [0, 0.1) is 0 Å². The minimum Gasteiger partial charge on any atom is -0.391 e. The number of nitrogens with zero attached hydrogens (tertiary/aromatic N) is 5. The van der Waals surface area contributed by atoms with Crippen molar-refractivity contribution >= 4 is 17.4 Å². The van der Waals surface area contributed by atoms with Crippen LogP contribution in [0.15, 0.2) is 36.8 Å². The Morgan fingerprint density at radius 3 is 2.76 bits per heavy atom. The van der Waals surface area contributed by atoms with Crippen molar-refractivity contribution in [2.24, 2.45) is 0 Å². The Morgan fingerprint density at radius 1 is 1.18 bits per heavy atom. The van der Waals surface area contributed by atoms with Crippen LogP contribution in [0.3, 0.4) is 0 Å². The normalized spacial score (nSPS) is 24.4. The number of anilines is 1. The molecule has 2 aromatic rings. The monoisotopic (exact) mass is 463 g/mol. The number of pyridine rings is 1. The van der Waals surface area contributed by atoms with Gasteiger partial charge >= 0.3 is 0 Å². The van der Waals surface area contributed by atoms with Crippen LogP contribution < -0.4 is 10.6 Å². The summed E-state index contributed by atoms with van der Waals surface area (Å²) in [5.74, 6) is 1.08. The first kappa shape index (κ1) is 21.0. The summed E-state index contributed by atoms with van der Waals surface area (Å²) in [4.78, 5) is 22.3. The molecule has 4 aliphatic rings. The number of ether oxygens (including phenoxy) is 1. The first-order valence-electron chi connectivity index (χ1n) is 11.3. The van der Waals surface area contributed by atoms with Crippen LogP contribution in [-0.4, -0.2) is 78.8 Å². The molecular weight excluding hydrogens is 438 g/mol. The number of amides is 1. The summed E-state index contributed by atoms with van der Waals surface area (Å²) in [7, 11) is 1.78. The second-order valence-electron chi connectivity index (χ2n) is 8.79. The fourth-order valence-electron chi connectivity index (χ4n) is 4.66. The largest absolute Gasteiger partial charge is 0.391 e. The van der Waals surface area contributed by atoms with E-state index >= 15 is 0 Å². The second kappa shape index (κ2) is 8.05. The quantitative estimate of drug-likeness (QED) is 0.343. The van der Waals surface area contributed by atoms with Crippen molar-refractivity contribution < 1.29 is 19.7 Å². The van der Waals surface area contributed by atoms with E-state index < -0.39 is 12.2 Å². The Kier molecular flexibility index (Phi) is 4.97. The number of aliphatic hydroxyl groups is 2. The van der Waals surface area contributed by atoms with E-state index in [1.54, 1.807) is 17.8 Å². The first-order chi connectivity index (χ1) is 16.5. The molecule has 0 radical (unpaired) electrons. The average molecular weight is 463 g/mol. The molecule has 3 aliphatic heterocycles. The van der Waals surface area contributed by atoms with Gasteiger partial charge in [-0.3, -0.25) is 4.79 Å². The third kappa shape index (κ3) is 3.23. The van der Waals surface area contributed by atoms with Crippen LogP contribution in [0.2, 0.25) is 0 Å². The van der Waals surface area contributed by atoms with Gasteiger partial charge in [0, 0.05) is 36.6 Å². The molecular formula is C23H25N7O4. The molecule has 176 valence electrons. The Morgan fingerprint density at radius 2 is 2.06 bits per heavy atom. The second-order valence-corrected chi connectivity index (χ2v) is 8.79. The van der Waals surface area contributed by atoms with Gasteiger partial charge in [0.05, 0.1) is 43.3 Å². The van der Waals surface area contributed by atoms with Crippen molar-refractivity contribution in [2.75, 3.05) is 25.6 Å². The molecule has 1 aliphatic carbocycles. The summed E-state index contributed by atoms with van der Waals surface area (Å²) in [6.45, 7) is 0.723. The molecule has 4 atom stereocenters. The van der Waals surface area contributed by atoms with E-state index in [2.05, 4.69) is 20.7 Å². The summed E-state index contributed by atoms with van der Waals surface area (Å²) in [5.41, 5.74) is 3.06. The maximum absolute atomic E-state index is 12.9. The SMILES string of the molecule is CNc1cc(-c2cnc3n(C4COC[C@@H]4O)cccc2-3)nc2c(C(=O)NC3CCC3O)cnn12. The molecule has 1 saturated carbocycles. The van der Waals surface area contributed by atoms with E-state index in [1.165, 1.54) is 6.20 Å². The Labute approximate surface area is 194 Å². The predicted molar refractivity (Wildman–Crippen MR) is 123 cm³/mol. The number of fused-ring (bicyclic) bond motifs is 2. The Bertz CT molecular complexity index is 1350. The topological polar surface area (TPSA) is 139 Å². The number of rotatable bonds is 5. The van der Waals surface area contributed by atoms with Gasteiger partial charge in [-0.15, -0.1) is 0 Å². The van der Waals surface area contributed by atoms with E-state index in [0.29, 0.717) is 42.4 Å². The van der Waals surface area contributed by atoms with Gasteiger partial charge in [-0.25, -0.2) is 9.97 Å². The molecule has 11 heteroatoms. The lowest BCUT2D eigenvalue weighted by molar-refractivity contribution is 0.0448. The molecule has 5 heterocycles. The molecule has 11 nitrogen and oxygen atoms in total. The third-order valence-electron chi connectivity index (χ3n) is 6.78. The van der Waals surface area contributed by atoms with Gasteiger partial charge in [-0.2, -0.15) is 9.61 Å². The van der Waals surface area contributed by atoms with Crippen LogP contribution in [0.1, 0.15) is 29.2 Å². The molecule has 1 amide bonds. The number of carbonyl (C=O) groups excluding carboxylic acids is 1. The molecule has 1 saturated heterocycles. The lowest BCUT2D eigenvalue weighted by atomic mass is 9.89. The third-order valence-corrected chi connectivity index (χ3v) is 6.78. The number of aliphatic hydroxyl groups excluding tert-OH is 2. The average Bonchev–Trinajstić information content (AvgIpc) is 3.58. The van der Waals surface area contributed by atoms with Gasteiger partial charge in [0.15, 0.2) is 5.65 Å². The van der Waals surface area contributed by atoms with Crippen LogP contribution >= 0.6 is 0 Å². The van der Waals surface area contributed by atoms with Gasteiger partial charge < -0.3 is 30.2 Å². The maximum Gasteiger partial charge on any atom is 0.257 e. The van der Waals surface area contributed by atoms with E-state index in [0.717, 1.165) is 23.4 Å². The van der Waals surface area contributed by atoms with Crippen LogP contribution in [-0.2, 0) is 4.74 Å². The number of carbonyl (C=O) groups is 1. The van der Waals surface area contributed by atoms with Crippen molar-refractivity contribution in [3.8, 4) is 22.6 Å². The summed E-state index contributed by atoms with van der Waals surface area (Å²) >= 11 is 0. The molecule has 4 N–H and O–H groups in total. The van der Waals surface area contributed by atoms with Gasteiger partial charge in [-0.05, 0) is 25.0 Å². The Balaban J connectivity index is 1.41. The lowest BCUT2D eigenvalue weighted by Crippen LogP contribution is -2.50. The Hall–Kier alpha value is -3.54. The zero-order chi connectivity index (χ0) is 23.4. The zero-order valence-electron chi connectivity index (χ0n) is 18.5. The minimum absolute atomic E-state index is 0.207. The predicted octanol–water partition coefficient (Wildman–Crippen LogP) is 0.925. The lowest BCUT2D eigenvalue weighted by Gasteiger charge is -2.32. The van der Waals surface area contributed by atoms with Crippen molar-refractivity contribution in [1.29, 1.82) is 0 Å².